The summed E-state index contributed by atoms with van der Waals surface area (Å²) in [5, 5.41) is 2.78. The quantitative estimate of drug-likeness (QED) is 0.666. The molecule has 2 aliphatic heterocycles. The maximum Gasteiger partial charge on any atom is 0.268 e. The first-order valence-corrected chi connectivity index (χ1v) is 5.61. The average Bonchev–Trinajstić information content (AvgIpc) is 1.97. The number of likely N-dealkylation sites (tertiary alicyclic amines) is 1. The molecule has 0 bridgehead atoms. The Morgan fingerprint density at radius 1 is 1.20 bits per heavy atom. The molecule has 1 N–H and O–H groups in total. The molecule has 2 saturated heterocycles. The van der Waals surface area contributed by atoms with Gasteiger partial charge in [-0.2, -0.15) is 0 Å². The Balaban J connectivity index is 2.06. The number of rotatable bonds is 0. The van der Waals surface area contributed by atoms with Crippen LogP contribution in [0.15, 0.2) is 0 Å². The molecule has 0 amide bonds. The summed E-state index contributed by atoms with van der Waals surface area (Å²) in [6.45, 7) is 7.92. The van der Waals surface area contributed by atoms with Gasteiger partial charge in [-0.05, 0) is 33.7 Å². The van der Waals surface area contributed by atoms with Crippen LogP contribution in [-0.2, 0) is 0 Å². The summed E-state index contributed by atoms with van der Waals surface area (Å²) in [4.78, 5) is 2.15. The van der Waals surface area contributed by atoms with Gasteiger partial charge in [0.05, 0.1) is 12.0 Å². The van der Waals surface area contributed by atoms with Gasteiger partial charge in [0.25, 0.3) is 5.92 Å². The molecule has 0 unspecified atom stereocenters. The van der Waals surface area contributed by atoms with E-state index in [1.807, 2.05) is 0 Å². The van der Waals surface area contributed by atoms with Gasteiger partial charge in [0, 0.05) is 18.6 Å². The third-order valence-electron chi connectivity index (χ3n) is 3.84. The van der Waals surface area contributed by atoms with Crippen LogP contribution in [0.2, 0.25) is 0 Å². The average molecular weight is 218 g/mol. The van der Waals surface area contributed by atoms with Gasteiger partial charge in [-0.25, -0.2) is 8.78 Å². The summed E-state index contributed by atoms with van der Waals surface area (Å²) in [5.74, 6) is -2.53. The van der Waals surface area contributed by atoms with Crippen molar-refractivity contribution in [2.45, 2.75) is 38.7 Å². The van der Waals surface area contributed by atoms with Gasteiger partial charge in [-0.15, -0.1) is 0 Å². The molecule has 2 heterocycles. The molecule has 2 rings (SSSR count). The third-order valence-corrected chi connectivity index (χ3v) is 3.84. The summed E-state index contributed by atoms with van der Waals surface area (Å²) in [6, 6.07) is 0. The Morgan fingerprint density at radius 2 is 1.80 bits per heavy atom. The van der Waals surface area contributed by atoms with E-state index in [0.717, 1.165) is 6.54 Å². The zero-order valence-corrected chi connectivity index (χ0v) is 9.74. The minimum atomic E-state index is -2.53. The van der Waals surface area contributed by atoms with Crippen LogP contribution >= 0.6 is 0 Å². The summed E-state index contributed by atoms with van der Waals surface area (Å²) < 4.78 is 27.6. The van der Waals surface area contributed by atoms with Crippen LogP contribution in [-0.4, -0.2) is 42.5 Å². The molecule has 0 aromatic rings. The lowest BCUT2D eigenvalue weighted by atomic mass is 9.68. The van der Waals surface area contributed by atoms with Crippen LogP contribution in [0, 0.1) is 5.41 Å². The standard InChI is InChI=1S/C11H20F2N2/c1-9(2,3)15-7-10(8-15)4-5-14-6-11(10,12)13/h14H,4-8H2,1-3H3. The Labute approximate surface area is 90.0 Å². The van der Waals surface area contributed by atoms with Gasteiger partial charge in [-0.1, -0.05) is 0 Å². The highest BCUT2D eigenvalue weighted by atomic mass is 19.3. The Morgan fingerprint density at radius 3 is 2.27 bits per heavy atom. The van der Waals surface area contributed by atoms with Gasteiger partial charge in [-0.3, -0.25) is 4.90 Å². The summed E-state index contributed by atoms with van der Waals surface area (Å²) in [7, 11) is 0. The predicted octanol–water partition coefficient (Wildman–Crippen LogP) is 1.72. The first-order chi connectivity index (χ1) is 6.77. The minimum absolute atomic E-state index is 0.0200. The van der Waals surface area contributed by atoms with E-state index in [9.17, 15) is 8.78 Å². The summed E-state index contributed by atoms with van der Waals surface area (Å²) in [6.07, 6.45) is 0.604. The number of halogens is 2. The van der Waals surface area contributed by atoms with E-state index in [1.54, 1.807) is 0 Å². The first-order valence-electron chi connectivity index (χ1n) is 5.61. The van der Waals surface area contributed by atoms with Crippen molar-refractivity contribution >= 4 is 0 Å². The Hall–Kier alpha value is -0.220. The van der Waals surface area contributed by atoms with E-state index in [-0.39, 0.29) is 12.1 Å². The summed E-state index contributed by atoms with van der Waals surface area (Å²) >= 11 is 0. The van der Waals surface area contributed by atoms with Crippen molar-refractivity contribution in [3.8, 4) is 0 Å². The van der Waals surface area contributed by atoms with E-state index < -0.39 is 11.3 Å². The highest BCUT2D eigenvalue weighted by molar-refractivity contribution is 5.09. The summed E-state index contributed by atoms with van der Waals surface area (Å²) in [5.41, 5.74) is -0.724. The lowest BCUT2D eigenvalue weighted by molar-refractivity contribution is -0.219. The van der Waals surface area contributed by atoms with Crippen LogP contribution in [0.25, 0.3) is 0 Å². The molecular weight excluding hydrogens is 198 g/mol. The molecule has 2 aliphatic rings. The Kier molecular flexibility index (Phi) is 2.36. The second kappa shape index (κ2) is 3.14. The molecule has 0 saturated carbocycles. The molecule has 2 fully saturated rings. The van der Waals surface area contributed by atoms with Crippen LogP contribution in [0.5, 0.6) is 0 Å². The molecule has 4 heteroatoms. The van der Waals surface area contributed by atoms with Crippen molar-refractivity contribution in [3.63, 3.8) is 0 Å². The maximum absolute atomic E-state index is 13.8. The molecule has 0 aliphatic carbocycles. The smallest absolute Gasteiger partial charge is 0.268 e. The molecule has 0 atom stereocenters. The van der Waals surface area contributed by atoms with Crippen molar-refractivity contribution in [1.29, 1.82) is 0 Å². The molecule has 0 aromatic carbocycles. The second-order valence-corrected chi connectivity index (χ2v) is 5.94. The van der Waals surface area contributed by atoms with Crippen molar-refractivity contribution in [1.82, 2.24) is 10.2 Å². The fourth-order valence-corrected chi connectivity index (χ4v) is 2.49. The lowest BCUT2D eigenvalue weighted by Gasteiger charge is -2.59. The van der Waals surface area contributed by atoms with Crippen LogP contribution in [0.1, 0.15) is 27.2 Å². The first kappa shape index (κ1) is 11.3. The number of hydrogen-bond donors (Lipinski definition) is 1. The van der Waals surface area contributed by atoms with Crippen LogP contribution < -0.4 is 5.32 Å². The fraction of sp³-hybridized carbons (Fsp3) is 1.00. The van der Waals surface area contributed by atoms with Gasteiger partial charge < -0.3 is 5.32 Å². The predicted molar refractivity (Wildman–Crippen MR) is 56.2 cm³/mol. The molecular formula is C11H20F2N2. The number of hydrogen-bond acceptors (Lipinski definition) is 2. The van der Waals surface area contributed by atoms with Crippen molar-refractivity contribution in [3.05, 3.63) is 0 Å². The zero-order chi connectivity index (χ0) is 11.3. The second-order valence-electron chi connectivity index (χ2n) is 5.94. The highest BCUT2D eigenvalue weighted by Crippen LogP contribution is 2.50. The fourth-order valence-electron chi connectivity index (χ4n) is 2.49. The number of nitrogens with one attached hydrogen (secondary N) is 1. The van der Waals surface area contributed by atoms with Crippen molar-refractivity contribution < 1.29 is 8.78 Å². The van der Waals surface area contributed by atoms with E-state index in [2.05, 4.69) is 31.0 Å². The van der Waals surface area contributed by atoms with Gasteiger partial charge >= 0.3 is 0 Å². The molecule has 1 spiro atoms. The number of alkyl halides is 2. The SMILES string of the molecule is CC(C)(C)N1CC2(CCNCC2(F)F)C1. The molecule has 15 heavy (non-hydrogen) atoms. The zero-order valence-electron chi connectivity index (χ0n) is 9.74. The molecule has 0 aromatic heterocycles. The third kappa shape index (κ3) is 1.68. The normalized spacial score (nSPS) is 30.2. The molecule has 88 valence electrons. The Bertz CT molecular complexity index is 252. The van der Waals surface area contributed by atoms with Gasteiger partial charge in [0.1, 0.15) is 0 Å². The van der Waals surface area contributed by atoms with Crippen LogP contribution in [0.4, 0.5) is 8.78 Å². The van der Waals surface area contributed by atoms with Crippen LogP contribution in [0.3, 0.4) is 0 Å². The van der Waals surface area contributed by atoms with Gasteiger partial charge in [0.15, 0.2) is 0 Å². The molecule has 2 nitrogen and oxygen atoms in total. The van der Waals surface area contributed by atoms with Gasteiger partial charge in [0.2, 0.25) is 0 Å². The van der Waals surface area contributed by atoms with E-state index in [0.29, 0.717) is 19.5 Å². The largest absolute Gasteiger partial charge is 0.311 e. The maximum atomic E-state index is 13.8. The topological polar surface area (TPSA) is 15.3 Å². The number of nitrogens with zero attached hydrogens (tertiary/aromatic N) is 1. The number of piperidine rings is 1. The lowest BCUT2D eigenvalue weighted by Crippen LogP contribution is -2.72. The van der Waals surface area contributed by atoms with Crippen molar-refractivity contribution in [2.24, 2.45) is 5.41 Å². The van der Waals surface area contributed by atoms with E-state index in [4.69, 9.17) is 0 Å². The monoisotopic (exact) mass is 218 g/mol. The highest BCUT2D eigenvalue weighted by Gasteiger charge is 2.62. The molecule has 0 radical (unpaired) electrons. The van der Waals surface area contributed by atoms with E-state index >= 15 is 0 Å². The van der Waals surface area contributed by atoms with E-state index in [1.165, 1.54) is 0 Å². The van der Waals surface area contributed by atoms with Crippen molar-refractivity contribution in [2.75, 3.05) is 26.2 Å². The minimum Gasteiger partial charge on any atom is -0.311 e.